The smallest absolute Gasteiger partial charge is 0.123 e. The lowest BCUT2D eigenvalue weighted by molar-refractivity contribution is 0.275. The molecule has 0 fully saturated rings. The predicted octanol–water partition coefficient (Wildman–Crippen LogP) is 1.83. The molecule has 0 amide bonds. The van der Waals surface area contributed by atoms with Crippen LogP contribution in [0.15, 0.2) is 24.3 Å². The first-order valence-corrected chi connectivity index (χ1v) is 4.38. The van der Waals surface area contributed by atoms with Crippen molar-refractivity contribution in [3.63, 3.8) is 0 Å². The van der Waals surface area contributed by atoms with Crippen molar-refractivity contribution in [2.24, 2.45) is 0 Å². The Bertz CT molecular complexity index is 248. The van der Waals surface area contributed by atoms with Crippen LogP contribution in [0.3, 0.4) is 0 Å². The van der Waals surface area contributed by atoms with Crippen molar-refractivity contribution < 1.29 is 9.50 Å². The Labute approximate surface area is 76.6 Å². The van der Waals surface area contributed by atoms with Crippen LogP contribution in [0.25, 0.3) is 0 Å². The lowest BCUT2D eigenvalue weighted by atomic mass is 10.0. The molecule has 1 atom stereocenters. The van der Waals surface area contributed by atoms with E-state index in [0.717, 1.165) is 5.56 Å². The molecule has 1 unspecified atom stereocenters. The second-order valence-corrected chi connectivity index (χ2v) is 2.98. The van der Waals surface area contributed by atoms with Gasteiger partial charge in [0, 0.05) is 5.92 Å². The van der Waals surface area contributed by atoms with E-state index in [9.17, 15) is 4.39 Å². The molecule has 3 heteroatoms. The molecule has 0 spiro atoms. The average Bonchev–Trinajstić information content (AvgIpc) is 2.07. The molecular weight excluding hydrogens is 175 g/mol. The molecule has 0 aliphatic rings. The first-order chi connectivity index (χ1) is 5.77. The first-order valence-electron chi connectivity index (χ1n) is 3.75. The summed E-state index contributed by atoms with van der Waals surface area (Å²) in [6, 6.07) is 6.24. The summed E-state index contributed by atoms with van der Waals surface area (Å²) in [5, 5.41) is 8.90. The molecule has 1 aromatic rings. The standard InChI is InChI=1S/C9H11FOS/c10-9-3-1-2-7(4-9)8(5-11)6-12/h1-4,8,11-12H,5-6H2. The summed E-state index contributed by atoms with van der Waals surface area (Å²) in [4.78, 5) is 0. The highest BCUT2D eigenvalue weighted by Crippen LogP contribution is 2.17. The maximum Gasteiger partial charge on any atom is 0.123 e. The van der Waals surface area contributed by atoms with Gasteiger partial charge in [0.2, 0.25) is 0 Å². The summed E-state index contributed by atoms with van der Waals surface area (Å²) < 4.78 is 12.7. The Hall–Kier alpha value is -0.540. The lowest BCUT2D eigenvalue weighted by Crippen LogP contribution is -2.05. The zero-order valence-electron chi connectivity index (χ0n) is 6.57. The number of rotatable bonds is 3. The minimum absolute atomic E-state index is 0.00690. The topological polar surface area (TPSA) is 20.2 Å². The zero-order chi connectivity index (χ0) is 8.97. The maximum atomic E-state index is 12.7. The molecule has 66 valence electrons. The quantitative estimate of drug-likeness (QED) is 0.690. The highest BCUT2D eigenvalue weighted by Gasteiger charge is 2.07. The van der Waals surface area contributed by atoms with Crippen molar-refractivity contribution in [2.45, 2.75) is 5.92 Å². The number of hydrogen-bond acceptors (Lipinski definition) is 2. The average molecular weight is 186 g/mol. The van der Waals surface area contributed by atoms with Crippen LogP contribution in [-0.4, -0.2) is 17.5 Å². The van der Waals surface area contributed by atoms with Crippen LogP contribution >= 0.6 is 12.6 Å². The van der Waals surface area contributed by atoms with E-state index in [2.05, 4.69) is 12.6 Å². The van der Waals surface area contributed by atoms with Gasteiger partial charge in [-0.3, -0.25) is 0 Å². The molecule has 0 radical (unpaired) electrons. The van der Waals surface area contributed by atoms with Crippen molar-refractivity contribution in [1.82, 2.24) is 0 Å². The molecule has 0 aromatic heterocycles. The predicted molar refractivity (Wildman–Crippen MR) is 50.1 cm³/mol. The number of aliphatic hydroxyl groups excluding tert-OH is 1. The molecule has 1 nitrogen and oxygen atoms in total. The highest BCUT2D eigenvalue weighted by molar-refractivity contribution is 7.80. The van der Waals surface area contributed by atoms with Crippen LogP contribution in [0, 0.1) is 5.82 Å². The van der Waals surface area contributed by atoms with Crippen LogP contribution in [-0.2, 0) is 0 Å². The van der Waals surface area contributed by atoms with Gasteiger partial charge in [-0.1, -0.05) is 12.1 Å². The highest BCUT2D eigenvalue weighted by atomic mass is 32.1. The molecule has 1 aromatic carbocycles. The number of halogens is 1. The Balaban J connectivity index is 2.85. The van der Waals surface area contributed by atoms with Crippen LogP contribution in [0.5, 0.6) is 0 Å². The van der Waals surface area contributed by atoms with Gasteiger partial charge >= 0.3 is 0 Å². The molecule has 1 rings (SSSR count). The fourth-order valence-corrected chi connectivity index (χ4v) is 1.36. The van der Waals surface area contributed by atoms with E-state index < -0.39 is 0 Å². The van der Waals surface area contributed by atoms with E-state index in [1.54, 1.807) is 12.1 Å². The Morgan fingerprint density at radius 2 is 2.25 bits per heavy atom. The van der Waals surface area contributed by atoms with Gasteiger partial charge in [0.25, 0.3) is 0 Å². The normalized spacial score (nSPS) is 12.9. The molecule has 0 saturated carbocycles. The summed E-state index contributed by atoms with van der Waals surface area (Å²) in [7, 11) is 0. The summed E-state index contributed by atoms with van der Waals surface area (Å²) in [5.74, 6) is 0.191. The van der Waals surface area contributed by atoms with Crippen LogP contribution in [0.2, 0.25) is 0 Å². The Morgan fingerprint density at radius 1 is 1.50 bits per heavy atom. The van der Waals surface area contributed by atoms with Gasteiger partial charge < -0.3 is 5.11 Å². The Kier molecular flexibility index (Phi) is 3.56. The number of thiol groups is 1. The first kappa shape index (κ1) is 9.55. The molecule has 12 heavy (non-hydrogen) atoms. The van der Waals surface area contributed by atoms with E-state index in [1.165, 1.54) is 12.1 Å². The summed E-state index contributed by atoms with van der Waals surface area (Å²) in [6.07, 6.45) is 0. The van der Waals surface area contributed by atoms with E-state index in [1.807, 2.05) is 0 Å². The number of aliphatic hydroxyl groups is 1. The van der Waals surface area contributed by atoms with Crippen molar-refractivity contribution in [3.8, 4) is 0 Å². The molecule has 0 bridgehead atoms. The third-order valence-corrected chi connectivity index (χ3v) is 2.20. The number of hydrogen-bond donors (Lipinski definition) is 2. The van der Waals surface area contributed by atoms with Gasteiger partial charge in [0.15, 0.2) is 0 Å². The molecule has 0 heterocycles. The number of benzene rings is 1. The van der Waals surface area contributed by atoms with Crippen LogP contribution in [0.4, 0.5) is 4.39 Å². The monoisotopic (exact) mass is 186 g/mol. The van der Waals surface area contributed by atoms with E-state index in [-0.39, 0.29) is 18.3 Å². The molecular formula is C9H11FOS. The van der Waals surface area contributed by atoms with Gasteiger partial charge in [0.1, 0.15) is 5.82 Å². The van der Waals surface area contributed by atoms with Gasteiger partial charge in [-0.25, -0.2) is 4.39 Å². The summed E-state index contributed by atoms with van der Waals surface area (Å²) in [6.45, 7) is 0.00690. The Morgan fingerprint density at radius 3 is 2.75 bits per heavy atom. The van der Waals surface area contributed by atoms with Gasteiger partial charge in [-0.05, 0) is 23.4 Å². The fraction of sp³-hybridized carbons (Fsp3) is 0.333. The van der Waals surface area contributed by atoms with Gasteiger partial charge in [-0.15, -0.1) is 0 Å². The van der Waals surface area contributed by atoms with Gasteiger partial charge in [0.05, 0.1) is 6.61 Å². The summed E-state index contributed by atoms with van der Waals surface area (Å²) in [5.41, 5.74) is 0.799. The van der Waals surface area contributed by atoms with Crippen LogP contribution < -0.4 is 0 Å². The largest absolute Gasteiger partial charge is 0.396 e. The molecule has 0 aliphatic carbocycles. The molecule has 0 saturated heterocycles. The summed E-state index contributed by atoms with van der Waals surface area (Å²) >= 11 is 4.06. The minimum Gasteiger partial charge on any atom is -0.396 e. The lowest BCUT2D eigenvalue weighted by Gasteiger charge is -2.10. The molecule has 0 aliphatic heterocycles. The van der Waals surface area contributed by atoms with E-state index >= 15 is 0 Å². The molecule has 1 N–H and O–H groups in total. The fourth-order valence-electron chi connectivity index (χ4n) is 1.03. The van der Waals surface area contributed by atoms with E-state index in [0.29, 0.717) is 5.75 Å². The second kappa shape index (κ2) is 4.48. The van der Waals surface area contributed by atoms with E-state index in [4.69, 9.17) is 5.11 Å². The van der Waals surface area contributed by atoms with Crippen LogP contribution in [0.1, 0.15) is 11.5 Å². The zero-order valence-corrected chi connectivity index (χ0v) is 7.47. The third-order valence-electron chi connectivity index (χ3n) is 1.76. The third kappa shape index (κ3) is 2.22. The second-order valence-electron chi connectivity index (χ2n) is 2.62. The van der Waals surface area contributed by atoms with Crippen molar-refractivity contribution in [2.75, 3.05) is 12.4 Å². The minimum atomic E-state index is -0.271. The maximum absolute atomic E-state index is 12.7. The van der Waals surface area contributed by atoms with Crippen molar-refractivity contribution in [1.29, 1.82) is 0 Å². The van der Waals surface area contributed by atoms with Crippen molar-refractivity contribution in [3.05, 3.63) is 35.6 Å². The van der Waals surface area contributed by atoms with Crippen molar-refractivity contribution >= 4 is 12.6 Å². The SMILES string of the molecule is OCC(CS)c1cccc(F)c1. The van der Waals surface area contributed by atoms with Gasteiger partial charge in [-0.2, -0.15) is 12.6 Å².